The van der Waals surface area contributed by atoms with Crippen LogP contribution in [0.1, 0.15) is 5.56 Å². The molecule has 3 nitrogen and oxygen atoms in total. The minimum Gasteiger partial charge on any atom is -0.384 e. The lowest BCUT2D eigenvalue weighted by atomic mass is 10.2. The summed E-state index contributed by atoms with van der Waals surface area (Å²) in [6.45, 7) is 0. The monoisotopic (exact) mass is 299 g/mol. The Morgan fingerprint density at radius 3 is 2.47 bits per heavy atom. The first-order valence-electron chi connectivity index (χ1n) is 5.11. The number of benzene rings is 1. The average molecular weight is 300 g/mol. The van der Waals surface area contributed by atoms with Crippen molar-refractivity contribution in [2.45, 2.75) is 9.92 Å². The maximum Gasteiger partial charge on any atom is 0.140 e. The van der Waals surface area contributed by atoms with Crippen molar-refractivity contribution in [1.82, 2.24) is 4.98 Å². The van der Waals surface area contributed by atoms with E-state index >= 15 is 0 Å². The third-order valence-corrected chi connectivity index (χ3v) is 3.76. The van der Waals surface area contributed by atoms with Crippen molar-refractivity contribution in [3.63, 3.8) is 0 Å². The molecule has 0 bridgehead atoms. The van der Waals surface area contributed by atoms with Crippen LogP contribution in [0.15, 0.2) is 40.4 Å². The highest BCUT2D eigenvalue weighted by Crippen LogP contribution is 2.34. The van der Waals surface area contributed by atoms with Crippen LogP contribution >= 0.6 is 23.4 Å². The summed E-state index contributed by atoms with van der Waals surface area (Å²) in [6, 6.07) is 5.21. The lowest BCUT2D eigenvalue weighted by Crippen LogP contribution is -2.12. The molecule has 7 heteroatoms. The van der Waals surface area contributed by atoms with Crippen LogP contribution in [0.4, 0.5) is 8.78 Å². The lowest BCUT2D eigenvalue weighted by molar-refractivity contribution is 0.540. The molecule has 0 atom stereocenters. The first-order chi connectivity index (χ1) is 8.99. The van der Waals surface area contributed by atoms with E-state index in [2.05, 4.69) is 4.98 Å². The van der Waals surface area contributed by atoms with Crippen LogP contribution < -0.4 is 5.73 Å². The van der Waals surface area contributed by atoms with Crippen molar-refractivity contribution in [1.29, 1.82) is 5.41 Å². The number of nitrogens with two attached hydrogens (primary N) is 1. The molecule has 0 unspecified atom stereocenters. The van der Waals surface area contributed by atoms with E-state index < -0.39 is 17.5 Å². The van der Waals surface area contributed by atoms with Gasteiger partial charge in [-0.2, -0.15) is 0 Å². The Hall–Kier alpha value is -1.66. The van der Waals surface area contributed by atoms with Gasteiger partial charge < -0.3 is 5.73 Å². The lowest BCUT2D eigenvalue weighted by Gasteiger charge is -2.07. The highest BCUT2D eigenvalue weighted by atomic mass is 35.5. The van der Waals surface area contributed by atoms with Gasteiger partial charge in [-0.15, -0.1) is 0 Å². The first kappa shape index (κ1) is 13.8. The number of nitrogens with zero attached hydrogens (tertiary/aromatic N) is 1. The minimum absolute atomic E-state index is 0.00790. The number of hydrogen-bond donors (Lipinski definition) is 2. The molecule has 2 aromatic rings. The average Bonchev–Trinajstić information content (AvgIpc) is 2.35. The smallest absolute Gasteiger partial charge is 0.140 e. The molecule has 0 radical (unpaired) electrons. The van der Waals surface area contributed by atoms with Crippen LogP contribution in [0.25, 0.3) is 0 Å². The number of nitrogen functional groups attached to an aromatic ring is 1. The molecule has 0 saturated heterocycles. The van der Waals surface area contributed by atoms with Crippen molar-refractivity contribution in [3.8, 4) is 0 Å². The predicted octanol–water partition coefficient (Wildman–Crippen LogP) is 3.45. The van der Waals surface area contributed by atoms with Gasteiger partial charge in [-0.25, -0.2) is 13.8 Å². The van der Waals surface area contributed by atoms with E-state index in [4.69, 9.17) is 22.7 Å². The fourth-order valence-corrected chi connectivity index (χ4v) is 2.38. The number of amidine groups is 1. The highest BCUT2D eigenvalue weighted by Gasteiger charge is 2.15. The van der Waals surface area contributed by atoms with Gasteiger partial charge in [0.15, 0.2) is 0 Å². The van der Waals surface area contributed by atoms with E-state index in [0.29, 0.717) is 10.0 Å². The van der Waals surface area contributed by atoms with Gasteiger partial charge >= 0.3 is 0 Å². The molecule has 0 aliphatic heterocycles. The van der Waals surface area contributed by atoms with Crippen LogP contribution in [0.2, 0.25) is 5.02 Å². The summed E-state index contributed by atoms with van der Waals surface area (Å²) >= 11 is 6.66. The van der Waals surface area contributed by atoms with Gasteiger partial charge in [-0.3, -0.25) is 5.41 Å². The maximum absolute atomic E-state index is 13.8. The molecular weight excluding hydrogens is 292 g/mol. The maximum atomic E-state index is 13.8. The van der Waals surface area contributed by atoms with Gasteiger partial charge in [-0.1, -0.05) is 23.4 Å². The molecule has 0 amide bonds. The van der Waals surface area contributed by atoms with Gasteiger partial charge in [0.25, 0.3) is 0 Å². The topological polar surface area (TPSA) is 62.8 Å². The summed E-state index contributed by atoms with van der Waals surface area (Å²) < 4.78 is 27.6. The molecule has 19 heavy (non-hydrogen) atoms. The van der Waals surface area contributed by atoms with Crippen molar-refractivity contribution in [2.75, 3.05) is 0 Å². The van der Waals surface area contributed by atoms with E-state index in [-0.39, 0.29) is 10.5 Å². The second-order valence-electron chi connectivity index (χ2n) is 3.58. The van der Waals surface area contributed by atoms with Crippen molar-refractivity contribution in [2.24, 2.45) is 5.73 Å². The molecular formula is C12H8ClF2N3S. The largest absolute Gasteiger partial charge is 0.384 e. The Balaban J connectivity index is 2.42. The zero-order chi connectivity index (χ0) is 14.0. The molecule has 3 N–H and O–H groups in total. The Morgan fingerprint density at radius 2 is 1.95 bits per heavy atom. The predicted molar refractivity (Wildman–Crippen MR) is 70.7 cm³/mol. The van der Waals surface area contributed by atoms with Gasteiger partial charge in [0, 0.05) is 11.8 Å². The quantitative estimate of drug-likeness (QED) is 0.674. The van der Waals surface area contributed by atoms with Gasteiger partial charge in [-0.05, 0) is 24.3 Å². The standard InChI is InChI=1S/C12H8ClF2N3S/c13-7-2-1-3-18-12(7)19-10-8(14)4-6(11(16)17)5-9(10)15/h1-5H,(H3,16,17). The Kier molecular flexibility index (Phi) is 4.01. The molecule has 1 heterocycles. The molecule has 0 spiro atoms. The van der Waals surface area contributed by atoms with Crippen LogP contribution in [0.3, 0.4) is 0 Å². The van der Waals surface area contributed by atoms with Crippen molar-refractivity contribution < 1.29 is 8.78 Å². The van der Waals surface area contributed by atoms with Crippen molar-refractivity contribution >= 4 is 29.2 Å². The Bertz CT molecular complexity index is 626. The van der Waals surface area contributed by atoms with E-state index in [0.717, 1.165) is 23.9 Å². The van der Waals surface area contributed by atoms with Crippen LogP contribution in [0.5, 0.6) is 0 Å². The summed E-state index contributed by atoms with van der Waals surface area (Å²) in [5, 5.41) is 7.77. The zero-order valence-electron chi connectivity index (χ0n) is 9.45. The number of aromatic nitrogens is 1. The zero-order valence-corrected chi connectivity index (χ0v) is 11.0. The van der Waals surface area contributed by atoms with Crippen LogP contribution in [-0.2, 0) is 0 Å². The molecule has 2 rings (SSSR count). The van der Waals surface area contributed by atoms with E-state index in [9.17, 15) is 8.78 Å². The Morgan fingerprint density at radius 1 is 1.32 bits per heavy atom. The van der Waals surface area contributed by atoms with E-state index in [1.165, 1.54) is 6.20 Å². The van der Waals surface area contributed by atoms with E-state index in [1.807, 2.05) is 0 Å². The fourth-order valence-electron chi connectivity index (χ4n) is 1.36. The normalized spacial score (nSPS) is 10.5. The minimum atomic E-state index is -0.808. The number of nitrogens with one attached hydrogen (secondary N) is 1. The summed E-state index contributed by atoms with van der Waals surface area (Å²) in [7, 11) is 0. The Labute approximate surface area is 117 Å². The van der Waals surface area contributed by atoms with Crippen LogP contribution in [0, 0.1) is 17.0 Å². The summed E-state index contributed by atoms with van der Waals surface area (Å²) in [5.74, 6) is -2.01. The summed E-state index contributed by atoms with van der Waals surface area (Å²) in [6.07, 6.45) is 1.48. The molecule has 0 aliphatic carbocycles. The molecule has 0 fully saturated rings. The summed E-state index contributed by atoms with van der Waals surface area (Å²) in [4.78, 5) is 3.71. The van der Waals surface area contributed by atoms with Crippen molar-refractivity contribution in [3.05, 3.63) is 52.7 Å². The molecule has 98 valence electrons. The molecule has 0 aliphatic rings. The third kappa shape index (κ3) is 3.02. The molecule has 1 aromatic heterocycles. The second kappa shape index (κ2) is 5.54. The van der Waals surface area contributed by atoms with Gasteiger partial charge in [0.2, 0.25) is 0 Å². The fraction of sp³-hybridized carbons (Fsp3) is 0. The molecule has 0 saturated carbocycles. The van der Waals surface area contributed by atoms with Gasteiger partial charge in [0.1, 0.15) is 22.5 Å². The number of hydrogen-bond acceptors (Lipinski definition) is 3. The highest BCUT2D eigenvalue weighted by molar-refractivity contribution is 7.99. The van der Waals surface area contributed by atoms with E-state index in [1.54, 1.807) is 12.1 Å². The first-order valence-corrected chi connectivity index (χ1v) is 6.30. The van der Waals surface area contributed by atoms with Crippen LogP contribution in [-0.4, -0.2) is 10.8 Å². The number of rotatable bonds is 3. The molecule has 1 aromatic carbocycles. The number of pyridine rings is 1. The number of halogens is 3. The SMILES string of the molecule is N=C(N)c1cc(F)c(Sc2ncccc2Cl)c(F)c1. The summed E-state index contributed by atoms with van der Waals surface area (Å²) in [5.41, 5.74) is 5.18. The third-order valence-electron chi connectivity index (χ3n) is 2.23. The second-order valence-corrected chi connectivity index (χ2v) is 4.98. The van der Waals surface area contributed by atoms with Gasteiger partial charge in [0.05, 0.1) is 9.92 Å².